The summed E-state index contributed by atoms with van der Waals surface area (Å²) in [5.74, 6) is 0.285. The number of piperidine rings is 1. The Morgan fingerprint density at radius 2 is 2.08 bits per heavy atom. The summed E-state index contributed by atoms with van der Waals surface area (Å²) in [7, 11) is 2.30. The summed E-state index contributed by atoms with van der Waals surface area (Å²) in [6.45, 7) is 4.26. The van der Waals surface area contributed by atoms with Crippen molar-refractivity contribution in [2.45, 2.75) is 70.1 Å². The number of aromatic nitrogens is 1. The van der Waals surface area contributed by atoms with Crippen LogP contribution in [-0.4, -0.2) is 57.6 Å². The lowest BCUT2D eigenvalue weighted by Gasteiger charge is -2.42. The molecule has 4 heterocycles. The molecule has 0 unspecified atom stereocenters. The molecule has 0 radical (unpaired) electrons. The van der Waals surface area contributed by atoms with E-state index < -0.39 is 5.91 Å². The lowest BCUT2D eigenvalue weighted by molar-refractivity contribution is 0.0702. The first-order chi connectivity index (χ1) is 12.6. The molecule has 6 heteroatoms. The van der Waals surface area contributed by atoms with E-state index >= 15 is 0 Å². The SMILES string of the molecule is CC[C@@H]1Cc2ncc(C(=O)NO)cc2CN1C[C@H]1C[C@H]2CC[C@@H](C1)N2C. The van der Waals surface area contributed by atoms with Crippen molar-refractivity contribution in [3.63, 3.8) is 0 Å². The second-order valence-electron chi connectivity index (χ2n) is 8.35. The van der Waals surface area contributed by atoms with Gasteiger partial charge in [-0.3, -0.25) is 19.9 Å². The first kappa shape index (κ1) is 17.9. The average molecular weight is 358 g/mol. The Kier molecular flexibility index (Phi) is 4.99. The van der Waals surface area contributed by atoms with Gasteiger partial charge in [-0.15, -0.1) is 0 Å². The molecule has 26 heavy (non-hydrogen) atoms. The summed E-state index contributed by atoms with van der Waals surface area (Å²) in [5, 5.41) is 8.88. The molecule has 4 atom stereocenters. The summed E-state index contributed by atoms with van der Waals surface area (Å²) in [4.78, 5) is 21.4. The summed E-state index contributed by atoms with van der Waals surface area (Å²) >= 11 is 0. The van der Waals surface area contributed by atoms with E-state index in [1.165, 1.54) is 25.7 Å². The lowest BCUT2D eigenvalue weighted by atomic mass is 9.88. The maximum Gasteiger partial charge on any atom is 0.276 e. The highest BCUT2D eigenvalue weighted by atomic mass is 16.5. The van der Waals surface area contributed by atoms with Crippen LogP contribution in [0.4, 0.5) is 0 Å². The normalized spacial score (nSPS) is 31.7. The van der Waals surface area contributed by atoms with Gasteiger partial charge in [0, 0.05) is 49.5 Å². The molecule has 0 aromatic carbocycles. The first-order valence-corrected chi connectivity index (χ1v) is 9.97. The van der Waals surface area contributed by atoms with Crippen molar-refractivity contribution in [1.82, 2.24) is 20.3 Å². The predicted octanol–water partition coefficient (Wildman–Crippen LogP) is 2.21. The minimum absolute atomic E-state index is 0.429. The molecule has 2 N–H and O–H groups in total. The number of nitrogens with one attached hydrogen (secondary N) is 1. The number of hydrogen-bond acceptors (Lipinski definition) is 5. The Morgan fingerprint density at radius 3 is 2.73 bits per heavy atom. The molecule has 142 valence electrons. The zero-order valence-electron chi connectivity index (χ0n) is 15.8. The summed E-state index contributed by atoms with van der Waals surface area (Å²) in [5.41, 5.74) is 4.37. The average Bonchev–Trinajstić information content (AvgIpc) is 2.87. The fourth-order valence-electron chi connectivity index (χ4n) is 5.37. The van der Waals surface area contributed by atoms with E-state index in [0.29, 0.717) is 11.6 Å². The Labute approximate surface area is 155 Å². The number of carbonyl (C=O) groups is 1. The Balaban J connectivity index is 1.49. The van der Waals surface area contributed by atoms with Crippen LogP contribution in [0.15, 0.2) is 12.3 Å². The van der Waals surface area contributed by atoms with Gasteiger partial charge in [-0.25, -0.2) is 5.48 Å². The number of fused-ring (bicyclic) bond motifs is 3. The van der Waals surface area contributed by atoms with Crippen LogP contribution in [0.3, 0.4) is 0 Å². The van der Waals surface area contributed by atoms with E-state index in [1.807, 2.05) is 6.07 Å². The van der Waals surface area contributed by atoms with Crippen molar-refractivity contribution in [3.05, 3.63) is 29.1 Å². The van der Waals surface area contributed by atoms with Gasteiger partial charge in [0.1, 0.15) is 0 Å². The van der Waals surface area contributed by atoms with Gasteiger partial charge >= 0.3 is 0 Å². The van der Waals surface area contributed by atoms with Crippen LogP contribution in [0, 0.1) is 5.92 Å². The van der Waals surface area contributed by atoms with Crippen LogP contribution in [-0.2, 0) is 13.0 Å². The molecule has 2 fully saturated rings. The predicted molar refractivity (Wildman–Crippen MR) is 99.0 cm³/mol. The topological polar surface area (TPSA) is 68.7 Å². The molecule has 0 saturated carbocycles. The van der Waals surface area contributed by atoms with E-state index in [-0.39, 0.29) is 0 Å². The van der Waals surface area contributed by atoms with Gasteiger partial charge in [0.2, 0.25) is 0 Å². The third-order valence-electron chi connectivity index (χ3n) is 6.90. The van der Waals surface area contributed by atoms with Gasteiger partial charge in [0.15, 0.2) is 0 Å². The monoisotopic (exact) mass is 358 g/mol. The van der Waals surface area contributed by atoms with Crippen LogP contribution in [0.1, 0.15) is 60.6 Å². The van der Waals surface area contributed by atoms with E-state index in [1.54, 1.807) is 11.7 Å². The first-order valence-electron chi connectivity index (χ1n) is 9.97. The van der Waals surface area contributed by atoms with Crippen LogP contribution in [0.5, 0.6) is 0 Å². The van der Waals surface area contributed by atoms with Gasteiger partial charge in [-0.2, -0.15) is 0 Å². The number of rotatable bonds is 4. The zero-order chi connectivity index (χ0) is 18.3. The number of pyridine rings is 1. The van der Waals surface area contributed by atoms with E-state index in [4.69, 9.17) is 5.21 Å². The molecular formula is C20H30N4O2. The standard InChI is InChI=1S/C20H30N4O2/c1-3-16-9-19-15(8-14(10-21-19)20(25)22-26)12-24(16)11-13-6-17-4-5-18(7-13)23(17)2/h8,10,13,16-18,26H,3-7,9,11-12H2,1-2H3,(H,22,25)/t13-,16-,17+,18-/m1/s1. The summed E-state index contributed by atoms with van der Waals surface area (Å²) in [6, 6.07) is 3.98. The fourth-order valence-corrected chi connectivity index (χ4v) is 5.37. The van der Waals surface area contributed by atoms with Crippen LogP contribution in [0.2, 0.25) is 0 Å². The molecule has 0 aliphatic carbocycles. The highest BCUT2D eigenvalue weighted by molar-refractivity contribution is 5.93. The number of carbonyl (C=O) groups excluding carboxylic acids is 1. The Bertz CT molecular complexity index is 666. The van der Waals surface area contributed by atoms with Crippen molar-refractivity contribution in [1.29, 1.82) is 0 Å². The van der Waals surface area contributed by atoms with Crippen LogP contribution in [0.25, 0.3) is 0 Å². The second-order valence-corrected chi connectivity index (χ2v) is 8.35. The molecule has 2 bridgehead atoms. The Hall–Kier alpha value is -1.50. The maximum atomic E-state index is 11.7. The molecule has 1 aromatic rings. The van der Waals surface area contributed by atoms with Crippen LogP contribution < -0.4 is 5.48 Å². The van der Waals surface area contributed by atoms with Crippen molar-refractivity contribution in [2.75, 3.05) is 13.6 Å². The molecule has 6 nitrogen and oxygen atoms in total. The van der Waals surface area contributed by atoms with Crippen molar-refractivity contribution in [3.8, 4) is 0 Å². The highest BCUT2D eigenvalue weighted by Gasteiger charge is 2.39. The van der Waals surface area contributed by atoms with E-state index in [9.17, 15) is 4.79 Å². The largest absolute Gasteiger partial charge is 0.300 e. The smallest absolute Gasteiger partial charge is 0.276 e. The van der Waals surface area contributed by atoms with Gasteiger partial charge in [0.05, 0.1) is 5.56 Å². The number of amides is 1. The molecule has 3 aliphatic heterocycles. The molecule has 3 aliphatic rings. The van der Waals surface area contributed by atoms with Crippen LogP contribution >= 0.6 is 0 Å². The molecule has 4 rings (SSSR count). The van der Waals surface area contributed by atoms with Gasteiger partial charge in [0.25, 0.3) is 5.91 Å². The lowest BCUT2D eigenvalue weighted by Crippen LogP contribution is -2.47. The third-order valence-corrected chi connectivity index (χ3v) is 6.90. The van der Waals surface area contributed by atoms with E-state index in [0.717, 1.165) is 55.2 Å². The van der Waals surface area contributed by atoms with Crippen molar-refractivity contribution in [2.24, 2.45) is 5.92 Å². The number of hydrogen-bond donors (Lipinski definition) is 2. The minimum Gasteiger partial charge on any atom is -0.300 e. The molecule has 2 saturated heterocycles. The maximum absolute atomic E-state index is 11.7. The van der Waals surface area contributed by atoms with Gasteiger partial charge in [-0.1, -0.05) is 6.92 Å². The number of hydroxylamine groups is 1. The van der Waals surface area contributed by atoms with Crippen molar-refractivity contribution >= 4 is 5.91 Å². The molecular weight excluding hydrogens is 328 g/mol. The summed E-state index contributed by atoms with van der Waals surface area (Å²) in [6.07, 6.45) is 9.01. The number of nitrogens with zero attached hydrogens (tertiary/aromatic N) is 3. The molecule has 1 aromatic heterocycles. The Morgan fingerprint density at radius 1 is 1.35 bits per heavy atom. The summed E-state index contributed by atoms with van der Waals surface area (Å²) < 4.78 is 0. The highest BCUT2D eigenvalue weighted by Crippen LogP contribution is 2.38. The quantitative estimate of drug-likeness (QED) is 0.638. The molecule has 1 amide bonds. The zero-order valence-corrected chi connectivity index (χ0v) is 15.8. The van der Waals surface area contributed by atoms with E-state index in [2.05, 4.69) is 28.8 Å². The fraction of sp³-hybridized carbons (Fsp3) is 0.700. The minimum atomic E-state index is -0.489. The second kappa shape index (κ2) is 7.25. The van der Waals surface area contributed by atoms with Gasteiger partial charge < -0.3 is 4.90 Å². The van der Waals surface area contributed by atoms with Gasteiger partial charge in [-0.05, 0) is 56.7 Å². The molecule has 0 spiro atoms. The van der Waals surface area contributed by atoms with Crippen molar-refractivity contribution < 1.29 is 10.0 Å². The third kappa shape index (κ3) is 3.26.